The third kappa shape index (κ3) is 4.30. The fourth-order valence-corrected chi connectivity index (χ4v) is 0.944. The maximum atomic E-state index is 9.39. The van der Waals surface area contributed by atoms with Gasteiger partial charge in [0.2, 0.25) is 0 Å². The van der Waals surface area contributed by atoms with Crippen LogP contribution in [0.25, 0.3) is 0 Å². The van der Waals surface area contributed by atoms with Crippen molar-refractivity contribution in [1.82, 2.24) is 0 Å². The molecular formula is C12H13NO2. The Labute approximate surface area is 89.1 Å². The third-order valence-corrected chi connectivity index (χ3v) is 1.63. The summed E-state index contributed by atoms with van der Waals surface area (Å²) in [5.41, 5.74) is 0.629. The summed E-state index contributed by atoms with van der Waals surface area (Å²) in [7, 11) is 0. The molecule has 0 aliphatic rings. The summed E-state index contributed by atoms with van der Waals surface area (Å²) in [5, 5.41) is 20.6. The van der Waals surface area contributed by atoms with E-state index in [1.165, 1.54) is 6.21 Å². The Kier molecular flexibility index (Phi) is 3.48. The Hall–Kier alpha value is -1.79. The van der Waals surface area contributed by atoms with E-state index in [1.54, 1.807) is 38.1 Å². The molecule has 2 N–H and O–H groups in total. The quantitative estimate of drug-likeness (QED) is 0.315. The van der Waals surface area contributed by atoms with Crippen molar-refractivity contribution in [3.63, 3.8) is 0 Å². The second-order valence-corrected chi connectivity index (χ2v) is 3.68. The predicted molar refractivity (Wildman–Crippen MR) is 59.0 cm³/mol. The van der Waals surface area contributed by atoms with Crippen molar-refractivity contribution >= 4 is 6.21 Å². The van der Waals surface area contributed by atoms with Gasteiger partial charge in [-0.2, -0.15) is 0 Å². The number of aliphatic hydroxyl groups is 1. The van der Waals surface area contributed by atoms with Gasteiger partial charge in [0.15, 0.2) is 0 Å². The van der Waals surface area contributed by atoms with Crippen LogP contribution in [0, 0.1) is 11.8 Å². The van der Waals surface area contributed by atoms with Crippen LogP contribution in [0.1, 0.15) is 25.0 Å². The minimum absolute atomic E-state index is 0.798. The molecule has 3 nitrogen and oxygen atoms in total. The molecule has 0 aliphatic heterocycles. The van der Waals surface area contributed by atoms with Crippen molar-refractivity contribution < 1.29 is 10.3 Å². The highest BCUT2D eigenvalue weighted by atomic mass is 16.4. The Morgan fingerprint density at radius 2 is 1.87 bits per heavy atom. The zero-order valence-electron chi connectivity index (χ0n) is 8.73. The number of hydrogen-bond donors (Lipinski definition) is 2. The van der Waals surface area contributed by atoms with E-state index in [9.17, 15) is 5.11 Å². The smallest absolute Gasteiger partial charge is 0.120 e. The normalized spacial score (nSPS) is 11.1. The molecule has 0 unspecified atom stereocenters. The van der Waals surface area contributed by atoms with Crippen molar-refractivity contribution in [3.8, 4) is 11.8 Å². The SMILES string of the molecule is CC(C)(O)C#Cc1ccc(C=NO)cc1. The topological polar surface area (TPSA) is 52.8 Å². The van der Waals surface area contributed by atoms with Crippen LogP contribution in [-0.4, -0.2) is 22.1 Å². The maximum absolute atomic E-state index is 9.39. The van der Waals surface area contributed by atoms with E-state index in [4.69, 9.17) is 5.21 Å². The highest BCUT2D eigenvalue weighted by Gasteiger charge is 2.05. The molecule has 1 aromatic carbocycles. The van der Waals surface area contributed by atoms with Crippen LogP contribution in [0.4, 0.5) is 0 Å². The Balaban J connectivity index is 2.84. The van der Waals surface area contributed by atoms with Crippen molar-refractivity contribution in [1.29, 1.82) is 0 Å². The number of oxime groups is 1. The van der Waals surface area contributed by atoms with E-state index in [2.05, 4.69) is 17.0 Å². The van der Waals surface area contributed by atoms with E-state index < -0.39 is 5.60 Å². The second-order valence-electron chi connectivity index (χ2n) is 3.68. The third-order valence-electron chi connectivity index (χ3n) is 1.63. The minimum atomic E-state index is -0.981. The molecule has 78 valence electrons. The van der Waals surface area contributed by atoms with Crippen LogP contribution in [0.2, 0.25) is 0 Å². The van der Waals surface area contributed by atoms with Gasteiger partial charge in [-0.25, -0.2) is 0 Å². The summed E-state index contributed by atoms with van der Waals surface area (Å²) in [5.74, 6) is 5.56. The van der Waals surface area contributed by atoms with Crippen LogP contribution in [0.3, 0.4) is 0 Å². The molecule has 0 aromatic heterocycles. The van der Waals surface area contributed by atoms with Gasteiger partial charge in [-0.3, -0.25) is 0 Å². The number of rotatable bonds is 1. The maximum Gasteiger partial charge on any atom is 0.120 e. The van der Waals surface area contributed by atoms with Crippen molar-refractivity contribution in [2.75, 3.05) is 0 Å². The van der Waals surface area contributed by atoms with E-state index >= 15 is 0 Å². The van der Waals surface area contributed by atoms with E-state index in [-0.39, 0.29) is 0 Å². The zero-order valence-corrected chi connectivity index (χ0v) is 8.73. The lowest BCUT2D eigenvalue weighted by atomic mass is 10.1. The first-order valence-corrected chi connectivity index (χ1v) is 4.54. The van der Waals surface area contributed by atoms with Gasteiger partial charge < -0.3 is 10.3 Å². The van der Waals surface area contributed by atoms with Gasteiger partial charge in [0.1, 0.15) is 5.60 Å². The molecule has 0 amide bonds. The van der Waals surface area contributed by atoms with Gasteiger partial charge in [-0.1, -0.05) is 29.1 Å². The van der Waals surface area contributed by atoms with Crippen LogP contribution < -0.4 is 0 Å². The summed E-state index contributed by atoms with van der Waals surface area (Å²) >= 11 is 0. The molecular weight excluding hydrogens is 190 g/mol. The molecule has 0 heterocycles. The molecule has 0 atom stereocenters. The fourth-order valence-electron chi connectivity index (χ4n) is 0.944. The first-order chi connectivity index (χ1) is 7.01. The molecule has 0 spiro atoms. The zero-order chi connectivity index (χ0) is 11.3. The lowest BCUT2D eigenvalue weighted by molar-refractivity contribution is 0.143. The van der Waals surface area contributed by atoms with Crippen LogP contribution >= 0.6 is 0 Å². The number of benzene rings is 1. The molecule has 0 radical (unpaired) electrons. The van der Waals surface area contributed by atoms with Gasteiger partial charge in [0.05, 0.1) is 6.21 Å². The van der Waals surface area contributed by atoms with Crippen LogP contribution in [0.15, 0.2) is 29.4 Å². The fraction of sp³-hybridized carbons (Fsp3) is 0.250. The summed E-state index contributed by atoms with van der Waals surface area (Å²) in [6, 6.07) is 7.17. The van der Waals surface area contributed by atoms with Gasteiger partial charge in [-0.15, -0.1) is 0 Å². The summed E-state index contributed by atoms with van der Waals surface area (Å²) in [4.78, 5) is 0. The largest absolute Gasteiger partial charge is 0.411 e. The van der Waals surface area contributed by atoms with Gasteiger partial charge >= 0.3 is 0 Å². The van der Waals surface area contributed by atoms with Gasteiger partial charge in [0, 0.05) is 5.56 Å². The van der Waals surface area contributed by atoms with Crippen molar-refractivity contribution in [3.05, 3.63) is 35.4 Å². The molecule has 3 heteroatoms. The highest BCUT2D eigenvalue weighted by molar-refractivity contribution is 5.79. The first-order valence-electron chi connectivity index (χ1n) is 4.54. The molecule has 1 rings (SSSR count). The molecule has 0 saturated carbocycles. The van der Waals surface area contributed by atoms with E-state index in [1.807, 2.05) is 0 Å². The molecule has 0 aliphatic carbocycles. The van der Waals surface area contributed by atoms with Gasteiger partial charge in [0.25, 0.3) is 0 Å². The van der Waals surface area contributed by atoms with E-state index in [0.717, 1.165) is 11.1 Å². The molecule has 1 aromatic rings. The van der Waals surface area contributed by atoms with Gasteiger partial charge in [-0.05, 0) is 31.5 Å². The Morgan fingerprint density at radius 3 is 2.33 bits per heavy atom. The highest BCUT2D eigenvalue weighted by Crippen LogP contribution is 2.03. The number of hydrogen-bond acceptors (Lipinski definition) is 3. The van der Waals surface area contributed by atoms with Crippen LogP contribution in [-0.2, 0) is 0 Å². The molecule has 0 saturated heterocycles. The summed E-state index contributed by atoms with van der Waals surface area (Å²) in [6.07, 6.45) is 1.34. The van der Waals surface area contributed by atoms with E-state index in [0.29, 0.717) is 0 Å². The monoisotopic (exact) mass is 203 g/mol. The van der Waals surface area contributed by atoms with Crippen LogP contribution in [0.5, 0.6) is 0 Å². The van der Waals surface area contributed by atoms with Crippen molar-refractivity contribution in [2.24, 2.45) is 5.16 Å². The average Bonchev–Trinajstić information content (AvgIpc) is 2.16. The predicted octanol–water partition coefficient (Wildman–Crippen LogP) is 1.62. The molecule has 0 fully saturated rings. The molecule has 0 bridgehead atoms. The summed E-state index contributed by atoms with van der Waals surface area (Å²) in [6.45, 7) is 3.26. The minimum Gasteiger partial charge on any atom is -0.411 e. The number of nitrogens with zero attached hydrogens (tertiary/aromatic N) is 1. The molecule has 15 heavy (non-hydrogen) atoms. The lowest BCUT2D eigenvalue weighted by Crippen LogP contribution is -2.14. The van der Waals surface area contributed by atoms with Crippen molar-refractivity contribution in [2.45, 2.75) is 19.4 Å². The first kappa shape index (κ1) is 11.3. The standard InChI is InChI=1S/C12H13NO2/c1-12(2,14)8-7-10-3-5-11(6-4-10)9-13-15/h3-6,9,14-15H,1-2H3. The second kappa shape index (κ2) is 4.63. The average molecular weight is 203 g/mol. The lowest BCUT2D eigenvalue weighted by Gasteiger charge is -2.05. The Morgan fingerprint density at radius 1 is 1.27 bits per heavy atom. The summed E-state index contributed by atoms with van der Waals surface area (Å²) < 4.78 is 0. The Bertz CT molecular complexity index is 402.